The van der Waals surface area contributed by atoms with Crippen molar-refractivity contribution >= 4 is 21.8 Å². The number of rotatable bonds is 4. The third-order valence-corrected chi connectivity index (χ3v) is 3.85. The smallest absolute Gasteiger partial charge is 0.251 e. The average molecular weight is 374 g/mol. The van der Waals surface area contributed by atoms with Gasteiger partial charge in [0.25, 0.3) is 5.91 Å². The maximum atomic E-state index is 12.8. The van der Waals surface area contributed by atoms with Gasteiger partial charge in [0.1, 0.15) is 17.3 Å². The topological polar surface area (TPSA) is 42.2 Å². The molecule has 1 heterocycles. The molecule has 0 aliphatic heterocycles. The first-order chi connectivity index (χ1) is 11.1. The van der Waals surface area contributed by atoms with Crippen LogP contribution in [0.5, 0.6) is 0 Å². The third kappa shape index (κ3) is 3.87. The van der Waals surface area contributed by atoms with E-state index in [-0.39, 0.29) is 18.3 Å². The number of carbonyl (C=O) groups is 1. The highest BCUT2D eigenvalue weighted by molar-refractivity contribution is 9.10. The van der Waals surface area contributed by atoms with E-state index in [0.29, 0.717) is 11.3 Å². The molecule has 0 saturated carbocycles. The summed E-state index contributed by atoms with van der Waals surface area (Å²) in [7, 11) is 0. The maximum absolute atomic E-state index is 12.8. The van der Waals surface area contributed by atoms with Crippen LogP contribution in [-0.4, -0.2) is 5.91 Å². The summed E-state index contributed by atoms with van der Waals surface area (Å²) in [5, 5.41) is 2.75. The fraction of sp³-hybridized carbons (Fsp3) is 0.0556. The van der Waals surface area contributed by atoms with Gasteiger partial charge in [-0.2, -0.15) is 0 Å². The lowest BCUT2D eigenvalue weighted by molar-refractivity contribution is 0.0948. The van der Waals surface area contributed by atoms with Crippen LogP contribution in [0, 0.1) is 5.82 Å². The Balaban J connectivity index is 1.64. The highest BCUT2D eigenvalue weighted by Crippen LogP contribution is 2.23. The Labute approximate surface area is 141 Å². The Kier molecular flexibility index (Phi) is 4.57. The summed E-state index contributed by atoms with van der Waals surface area (Å²) in [6.07, 6.45) is 0. The molecule has 23 heavy (non-hydrogen) atoms. The van der Waals surface area contributed by atoms with Crippen LogP contribution in [0.4, 0.5) is 4.39 Å². The zero-order valence-electron chi connectivity index (χ0n) is 12.1. The summed E-state index contributed by atoms with van der Waals surface area (Å²) in [5.74, 6) is 0.750. The first-order valence-electron chi connectivity index (χ1n) is 7.00. The van der Waals surface area contributed by atoms with Gasteiger partial charge in [0, 0.05) is 15.6 Å². The van der Waals surface area contributed by atoms with Gasteiger partial charge in [0.2, 0.25) is 0 Å². The first kappa shape index (κ1) is 15.5. The van der Waals surface area contributed by atoms with Gasteiger partial charge in [-0.1, -0.05) is 28.1 Å². The number of benzene rings is 2. The Morgan fingerprint density at radius 3 is 2.39 bits per heavy atom. The maximum Gasteiger partial charge on any atom is 0.251 e. The molecular weight excluding hydrogens is 361 g/mol. The van der Waals surface area contributed by atoms with Gasteiger partial charge in [-0.3, -0.25) is 4.79 Å². The fourth-order valence-corrected chi connectivity index (χ4v) is 2.38. The number of hydrogen-bond acceptors (Lipinski definition) is 2. The van der Waals surface area contributed by atoms with Crippen molar-refractivity contribution in [1.29, 1.82) is 0 Å². The van der Waals surface area contributed by atoms with E-state index in [2.05, 4.69) is 21.2 Å². The van der Waals surface area contributed by atoms with Crippen LogP contribution < -0.4 is 5.32 Å². The van der Waals surface area contributed by atoms with Crippen molar-refractivity contribution in [2.75, 3.05) is 0 Å². The molecule has 0 aliphatic carbocycles. The molecular formula is C18H13BrFNO2. The minimum Gasteiger partial charge on any atom is -0.459 e. The van der Waals surface area contributed by atoms with Crippen LogP contribution >= 0.6 is 15.9 Å². The van der Waals surface area contributed by atoms with Gasteiger partial charge < -0.3 is 9.73 Å². The molecule has 0 unspecified atom stereocenters. The molecule has 3 aromatic rings. The standard InChI is InChI=1S/C18H13BrFNO2/c19-14-5-1-12(2-6-14)17-10-9-16(23-17)11-21-18(22)13-3-7-15(20)8-4-13/h1-10H,11H2,(H,21,22). The molecule has 3 nitrogen and oxygen atoms in total. The van der Waals surface area contributed by atoms with Crippen LogP contribution in [0.3, 0.4) is 0 Å². The minimum atomic E-state index is -0.369. The van der Waals surface area contributed by atoms with Gasteiger partial charge in [-0.05, 0) is 48.5 Å². The number of nitrogens with one attached hydrogen (secondary N) is 1. The van der Waals surface area contributed by atoms with Crippen LogP contribution in [-0.2, 0) is 6.54 Å². The Morgan fingerprint density at radius 1 is 1.00 bits per heavy atom. The number of carbonyl (C=O) groups excluding carboxylic acids is 1. The van der Waals surface area contributed by atoms with Gasteiger partial charge in [0.15, 0.2) is 0 Å². The molecule has 5 heteroatoms. The molecule has 1 amide bonds. The van der Waals surface area contributed by atoms with E-state index >= 15 is 0 Å². The fourth-order valence-electron chi connectivity index (χ4n) is 2.11. The Morgan fingerprint density at radius 2 is 1.70 bits per heavy atom. The van der Waals surface area contributed by atoms with Crippen molar-refractivity contribution in [3.05, 3.63) is 82.3 Å². The molecule has 0 radical (unpaired) electrons. The van der Waals surface area contributed by atoms with E-state index in [1.807, 2.05) is 36.4 Å². The summed E-state index contributed by atoms with van der Waals surface area (Å²) in [6, 6.07) is 16.9. The van der Waals surface area contributed by atoms with Crippen molar-refractivity contribution in [1.82, 2.24) is 5.32 Å². The van der Waals surface area contributed by atoms with E-state index in [4.69, 9.17) is 4.42 Å². The predicted octanol–water partition coefficient (Wildman–Crippen LogP) is 4.78. The van der Waals surface area contributed by atoms with Gasteiger partial charge in [-0.25, -0.2) is 4.39 Å². The SMILES string of the molecule is O=C(NCc1ccc(-c2ccc(Br)cc2)o1)c1ccc(F)cc1. The molecule has 2 aromatic carbocycles. The summed E-state index contributed by atoms with van der Waals surface area (Å²) < 4.78 is 19.6. The largest absolute Gasteiger partial charge is 0.459 e. The third-order valence-electron chi connectivity index (χ3n) is 3.32. The van der Waals surface area contributed by atoms with Crippen molar-refractivity contribution in [2.45, 2.75) is 6.54 Å². The van der Waals surface area contributed by atoms with E-state index in [9.17, 15) is 9.18 Å². The second kappa shape index (κ2) is 6.79. The van der Waals surface area contributed by atoms with Gasteiger partial charge in [-0.15, -0.1) is 0 Å². The van der Waals surface area contributed by atoms with Crippen LogP contribution in [0.1, 0.15) is 16.1 Å². The lowest BCUT2D eigenvalue weighted by Crippen LogP contribution is -2.22. The highest BCUT2D eigenvalue weighted by atomic mass is 79.9. The van der Waals surface area contributed by atoms with Crippen LogP contribution in [0.2, 0.25) is 0 Å². The number of hydrogen-bond donors (Lipinski definition) is 1. The lowest BCUT2D eigenvalue weighted by atomic mass is 10.2. The second-order valence-corrected chi connectivity index (χ2v) is 5.88. The highest BCUT2D eigenvalue weighted by Gasteiger charge is 2.08. The van der Waals surface area contributed by atoms with E-state index in [1.54, 1.807) is 0 Å². The first-order valence-corrected chi connectivity index (χ1v) is 7.79. The predicted molar refractivity (Wildman–Crippen MR) is 89.4 cm³/mol. The molecule has 0 spiro atoms. The summed E-state index contributed by atoms with van der Waals surface area (Å²) in [5.41, 5.74) is 1.37. The molecule has 116 valence electrons. The van der Waals surface area contributed by atoms with Crippen molar-refractivity contribution in [3.8, 4) is 11.3 Å². The minimum absolute atomic E-state index is 0.271. The molecule has 0 saturated heterocycles. The molecule has 3 rings (SSSR count). The number of amides is 1. The van der Waals surface area contributed by atoms with Gasteiger partial charge in [0.05, 0.1) is 6.54 Å². The van der Waals surface area contributed by atoms with Gasteiger partial charge >= 0.3 is 0 Å². The molecule has 1 N–H and O–H groups in total. The summed E-state index contributed by atoms with van der Waals surface area (Å²) >= 11 is 3.39. The Bertz CT molecular complexity index is 810. The zero-order chi connectivity index (χ0) is 16.2. The zero-order valence-corrected chi connectivity index (χ0v) is 13.6. The normalized spacial score (nSPS) is 10.5. The van der Waals surface area contributed by atoms with Crippen LogP contribution in [0.25, 0.3) is 11.3 Å². The van der Waals surface area contributed by atoms with Crippen molar-refractivity contribution < 1.29 is 13.6 Å². The summed E-state index contributed by atoms with van der Waals surface area (Å²) in [4.78, 5) is 12.0. The van der Waals surface area contributed by atoms with Crippen LogP contribution in [0.15, 0.2) is 69.6 Å². The quantitative estimate of drug-likeness (QED) is 0.714. The molecule has 1 aromatic heterocycles. The molecule has 0 bridgehead atoms. The monoisotopic (exact) mass is 373 g/mol. The molecule has 0 aliphatic rings. The van der Waals surface area contributed by atoms with E-state index < -0.39 is 0 Å². The van der Waals surface area contributed by atoms with E-state index in [0.717, 1.165) is 15.8 Å². The molecule has 0 atom stereocenters. The van der Waals surface area contributed by atoms with Crippen molar-refractivity contribution in [2.24, 2.45) is 0 Å². The lowest BCUT2D eigenvalue weighted by Gasteiger charge is -2.03. The number of furan rings is 1. The molecule has 0 fully saturated rings. The second-order valence-electron chi connectivity index (χ2n) is 4.96. The van der Waals surface area contributed by atoms with Crippen molar-refractivity contribution in [3.63, 3.8) is 0 Å². The number of halogens is 2. The van der Waals surface area contributed by atoms with E-state index in [1.165, 1.54) is 24.3 Å². The Hall–Kier alpha value is -2.40. The average Bonchev–Trinajstić information content (AvgIpc) is 3.03. The summed E-state index contributed by atoms with van der Waals surface area (Å²) in [6.45, 7) is 0.271.